The molecule has 0 atom stereocenters. The molecule has 3 aromatic heterocycles. The number of aromatic nitrogens is 3. The molecule has 4 heterocycles. The van der Waals surface area contributed by atoms with Crippen LogP contribution in [0.1, 0.15) is 35.4 Å². The van der Waals surface area contributed by atoms with Gasteiger partial charge in [0.15, 0.2) is 0 Å². The number of imidazole rings is 1. The summed E-state index contributed by atoms with van der Waals surface area (Å²) in [5, 5.41) is 3.00. The van der Waals surface area contributed by atoms with Gasteiger partial charge in [-0.15, -0.1) is 0 Å². The average Bonchev–Trinajstić information content (AvgIpc) is 3.53. The van der Waals surface area contributed by atoms with Gasteiger partial charge in [-0.2, -0.15) is 0 Å². The zero-order valence-corrected chi connectivity index (χ0v) is 19.3. The maximum absolute atomic E-state index is 13.8. The van der Waals surface area contributed by atoms with Gasteiger partial charge in [0.1, 0.15) is 5.82 Å². The lowest BCUT2D eigenvalue weighted by Gasteiger charge is -2.14. The van der Waals surface area contributed by atoms with Crippen molar-refractivity contribution in [2.24, 2.45) is 0 Å². The van der Waals surface area contributed by atoms with Crippen molar-refractivity contribution in [2.75, 3.05) is 26.2 Å². The molecule has 6 nitrogen and oxygen atoms in total. The van der Waals surface area contributed by atoms with Crippen LogP contribution < -0.4 is 5.32 Å². The fourth-order valence-corrected chi connectivity index (χ4v) is 4.59. The SMILES string of the molecule is Cc1cc(-c2ncccc2-c2ccn3c(C(=O)NCCCN4CCCC4)ncc3c2)ccc1F. The molecule has 0 radical (unpaired) electrons. The number of hydrogen-bond donors (Lipinski definition) is 1. The summed E-state index contributed by atoms with van der Waals surface area (Å²) in [6.45, 7) is 5.74. The van der Waals surface area contributed by atoms with Gasteiger partial charge in [-0.1, -0.05) is 6.07 Å². The summed E-state index contributed by atoms with van der Waals surface area (Å²) >= 11 is 0. The standard InChI is InChI=1S/C27H28FN5O/c1-19-16-21(7-8-24(19)28)25-23(6-4-10-29-25)20-9-15-33-22(17-20)18-31-26(33)27(34)30-11-5-14-32-12-2-3-13-32/h4,6-10,15-18H,2-3,5,11-14H2,1H3,(H,30,34). The first-order valence-corrected chi connectivity index (χ1v) is 11.8. The minimum absolute atomic E-state index is 0.168. The molecule has 0 spiro atoms. The minimum Gasteiger partial charge on any atom is -0.349 e. The molecule has 1 saturated heterocycles. The van der Waals surface area contributed by atoms with Crippen molar-refractivity contribution in [3.63, 3.8) is 0 Å². The molecular weight excluding hydrogens is 429 g/mol. The fourth-order valence-electron chi connectivity index (χ4n) is 4.59. The number of benzene rings is 1. The van der Waals surface area contributed by atoms with Crippen molar-refractivity contribution in [1.29, 1.82) is 0 Å². The van der Waals surface area contributed by atoms with E-state index in [1.165, 1.54) is 32.0 Å². The summed E-state index contributed by atoms with van der Waals surface area (Å²) in [6.07, 6.45) is 8.80. The molecule has 1 aliphatic heterocycles. The zero-order valence-electron chi connectivity index (χ0n) is 19.3. The predicted octanol–water partition coefficient (Wildman–Crippen LogP) is 4.73. The van der Waals surface area contributed by atoms with Crippen LogP contribution in [0.15, 0.2) is 61.1 Å². The zero-order chi connectivity index (χ0) is 23.5. The lowest BCUT2D eigenvalue weighted by molar-refractivity contribution is 0.0941. The summed E-state index contributed by atoms with van der Waals surface area (Å²) in [5.41, 5.74) is 4.93. The molecule has 1 amide bonds. The fraction of sp³-hybridized carbons (Fsp3) is 0.296. The molecule has 1 N–H and O–H groups in total. The average molecular weight is 458 g/mol. The number of hydrogen-bond acceptors (Lipinski definition) is 4. The highest BCUT2D eigenvalue weighted by Crippen LogP contribution is 2.31. The van der Waals surface area contributed by atoms with Crippen LogP contribution in [0.3, 0.4) is 0 Å². The Labute approximate surface area is 198 Å². The van der Waals surface area contributed by atoms with Gasteiger partial charge in [0, 0.05) is 30.1 Å². The number of carbonyl (C=O) groups is 1. The van der Waals surface area contributed by atoms with E-state index >= 15 is 0 Å². The maximum Gasteiger partial charge on any atom is 0.287 e. The largest absolute Gasteiger partial charge is 0.349 e. The maximum atomic E-state index is 13.8. The van der Waals surface area contributed by atoms with Crippen LogP contribution in [0, 0.1) is 12.7 Å². The van der Waals surface area contributed by atoms with Gasteiger partial charge in [0.2, 0.25) is 5.82 Å². The van der Waals surface area contributed by atoms with Crippen molar-refractivity contribution in [2.45, 2.75) is 26.2 Å². The Hall–Kier alpha value is -3.58. The first kappa shape index (κ1) is 22.2. The second-order valence-corrected chi connectivity index (χ2v) is 8.81. The number of pyridine rings is 2. The summed E-state index contributed by atoms with van der Waals surface area (Å²) in [7, 11) is 0. The number of likely N-dealkylation sites (tertiary alicyclic amines) is 1. The lowest BCUT2D eigenvalue weighted by atomic mass is 9.99. The number of aryl methyl sites for hydroxylation is 1. The Bertz CT molecular complexity index is 1330. The molecule has 7 heteroatoms. The number of halogens is 1. The van der Waals surface area contributed by atoms with Crippen LogP contribution in [0.4, 0.5) is 4.39 Å². The molecule has 1 fully saturated rings. The molecule has 0 bridgehead atoms. The van der Waals surface area contributed by atoms with E-state index in [4.69, 9.17) is 0 Å². The van der Waals surface area contributed by atoms with Gasteiger partial charge in [-0.25, -0.2) is 9.37 Å². The predicted molar refractivity (Wildman–Crippen MR) is 131 cm³/mol. The molecule has 0 unspecified atom stereocenters. The van der Waals surface area contributed by atoms with E-state index in [1.54, 1.807) is 29.8 Å². The first-order valence-electron chi connectivity index (χ1n) is 11.8. The van der Waals surface area contributed by atoms with Crippen molar-refractivity contribution in [3.05, 3.63) is 78.3 Å². The van der Waals surface area contributed by atoms with Crippen molar-refractivity contribution >= 4 is 11.4 Å². The summed E-state index contributed by atoms with van der Waals surface area (Å²) in [6, 6.07) is 12.9. The van der Waals surface area contributed by atoms with Crippen molar-refractivity contribution in [3.8, 4) is 22.4 Å². The van der Waals surface area contributed by atoms with E-state index in [0.717, 1.165) is 40.9 Å². The summed E-state index contributed by atoms with van der Waals surface area (Å²) in [4.78, 5) is 24.1. The van der Waals surface area contributed by atoms with Gasteiger partial charge in [-0.3, -0.25) is 14.2 Å². The Morgan fingerprint density at radius 3 is 2.76 bits per heavy atom. The number of carbonyl (C=O) groups excluding carboxylic acids is 1. The van der Waals surface area contributed by atoms with E-state index < -0.39 is 0 Å². The summed E-state index contributed by atoms with van der Waals surface area (Å²) < 4.78 is 15.6. The van der Waals surface area contributed by atoms with E-state index in [9.17, 15) is 9.18 Å². The second kappa shape index (κ2) is 9.73. The van der Waals surface area contributed by atoms with E-state index in [2.05, 4.69) is 20.2 Å². The third-order valence-electron chi connectivity index (χ3n) is 6.42. The van der Waals surface area contributed by atoms with Gasteiger partial charge in [0.05, 0.1) is 17.4 Å². The normalized spacial score (nSPS) is 14.1. The van der Waals surface area contributed by atoms with Gasteiger partial charge >= 0.3 is 0 Å². The molecule has 1 aromatic carbocycles. The van der Waals surface area contributed by atoms with E-state index in [-0.39, 0.29) is 11.7 Å². The van der Waals surface area contributed by atoms with Crippen LogP contribution in [-0.2, 0) is 0 Å². The number of nitrogens with one attached hydrogen (secondary N) is 1. The monoisotopic (exact) mass is 457 g/mol. The number of nitrogens with zero attached hydrogens (tertiary/aromatic N) is 4. The van der Waals surface area contributed by atoms with Crippen LogP contribution in [0.5, 0.6) is 0 Å². The lowest BCUT2D eigenvalue weighted by Crippen LogP contribution is -2.29. The molecule has 0 saturated carbocycles. The van der Waals surface area contributed by atoms with Crippen molar-refractivity contribution < 1.29 is 9.18 Å². The van der Waals surface area contributed by atoms with Crippen LogP contribution in [0.25, 0.3) is 27.9 Å². The Balaban J connectivity index is 1.35. The highest BCUT2D eigenvalue weighted by atomic mass is 19.1. The molecular formula is C27H28FN5O. The van der Waals surface area contributed by atoms with Gasteiger partial charge < -0.3 is 10.2 Å². The number of fused-ring (bicyclic) bond motifs is 1. The molecule has 34 heavy (non-hydrogen) atoms. The van der Waals surface area contributed by atoms with E-state index in [0.29, 0.717) is 17.9 Å². The number of amides is 1. The smallest absolute Gasteiger partial charge is 0.287 e. The number of rotatable bonds is 7. The van der Waals surface area contributed by atoms with Crippen LogP contribution in [0.2, 0.25) is 0 Å². The topological polar surface area (TPSA) is 62.5 Å². The highest BCUT2D eigenvalue weighted by molar-refractivity contribution is 5.92. The van der Waals surface area contributed by atoms with Crippen molar-refractivity contribution in [1.82, 2.24) is 24.6 Å². The van der Waals surface area contributed by atoms with E-state index in [1.807, 2.05) is 36.5 Å². The quantitative estimate of drug-likeness (QED) is 0.408. The Kier molecular flexibility index (Phi) is 6.36. The molecule has 5 rings (SSSR count). The second-order valence-electron chi connectivity index (χ2n) is 8.81. The molecule has 4 aromatic rings. The van der Waals surface area contributed by atoms with Gasteiger partial charge in [-0.05, 0) is 93.3 Å². The molecule has 0 aliphatic carbocycles. The third kappa shape index (κ3) is 4.56. The van der Waals surface area contributed by atoms with Crippen LogP contribution in [-0.4, -0.2) is 51.4 Å². The first-order chi connectivity index (χ1) is 16.6. The summed E-state index contributed by atoms with van der Waals surface area (Å²) in [5.74, 6) is -0.0231. The van der Waals surface area contributed by atoms with Gasteiger partial charge in [0.25, 0.3) is 5.91 Å². The van der Waals surface area contributed by atoms with Crippen LogP contribution >= 0.6 is 0 Å². The minimum atomic E-state index is -0.233. The molecule has 174 valence electrons. The molecule has 1 aliphatic rings. The third-order valence-corrected chi connectivity index (χ3v) is 6.42. The highest BCUT2D eigenvalue weighted by Gasteiger charge is 2.16. The Morgan fingerprint density at radius 2 is 1.94 bits per heavy atom. The Morgan fingerprint density at radius 1 is 1.09 bits per heavy atom.